The van der Waals surface area contributed by atoms with Crippen molar-refractivity contribution in [1.82, 2.24) is 4.98 Å². The number of carbonyl (C=O) groups excluding carboxylic acids is 1. The number of fused-ring (bicyclic) bond motifs is 1. The number of nitrogens with zero attached hydrogens (tertiary/aromatic N) is 1. The number of amides is 1. The second kappa shape index (κ2) is 7.71. The minimum absolute atomic E-state index is 0.211. The van der Waals surface area contributed by atoms with Crippen LogP contribution in [0.1, 0.15) is 10.4 Å². The molecule has 0 fully saturated rings. The predicted octanol–water partition coefficient (Wildman–Crippen LogP) is 5.85. The lowest BCUT2D eigenvalue weighted by Crippen LogP contribution is -2.12. The maximum Gasteiger partial charge on any atom is 0.255 e. The van der Waals surface area contributed by atoms with E-state index in [-0.39, 0.29) is 5.91 Å². The second-order valence-electron chi connectivity index (χ2n) is 6.39. The fraction of sp³-hybridized carbons (Fsp3) is 0.0435. The third kappa shape index (κ3) is 3.68. The van der Waals surface area contributed by atoms with Crippen LogP contribution in [0.5, 0.6) is 0 Å². The van der Waals surface area contributed by atoms with Crippen LogP contribution in [0.3, 0.4) is 0 Å². The Balaban J connectivity index is 1.73. The third-order valence-electron chi connectivity index (χ3n) is 4.56. The van der Waals surface area contributed by atoms with Gasteiger partial charge < -0.3 is 10.6 Å². The minimum atomic E-state index is -0.211. The number of benzene rings is 3. The van der Waals surface area contributed by atoms with Crippen molar-refractivity contribution in [2.24, 2.45) is 0 Å². The summed E-state index contributed by atoms with van der Waals surface area (Å²) in [6.07, 6.45) is 1.69. The molecule has 138 valence electrons. The summed E-state index contributed by atoms with van der Waals surface area (Å²) in [7, 11) is 1.90. The van der Waals surface area contributed by atoms with Crippen molar-refractivity contribution in [2.75, 3.05) is 17.7 Å². The van der Waals surface area contributed by atoms with Gasteiger partial charge >= 0.3 is 0 Å². The molecule has 0 bridgehead atoms. The van der Waals surface area contributed by atoms with Crippen LogP contribution in [0.4, 0.5) is 11.4 Å². The predicted molar refractivity (Wildman–Crippen MR) is 116 cm³/mol. The van der Waals surface area contributed by atoms with E-state index >= 15 is 0 Å². The number of carbonyl (C=O) groups is 1. The molecule has 0 unspecified atom stereocenters. The van der Waals surface area contributed by atoms with Crippen molar-refractivity contribution < 1.29 is 4.79 Å². The molecule has 28 heavy (non-hydrogen) atoms. The Hall–Kier alpha value is -3.37. The zero-order valence-electron chi connectivity index (χ0n) is 15.2. The van der Waals surface area contributed by atoms with Gasteiger partial charge in [-0.15, -0.1) is 0 Å². The molecular formula is C23H18ClN3O. The topological polar surface area (TPSA) is 54.0 Å². The van der Waals surface area contributed by atoms with E-state index in [1.165, 1.54) is 0 Å². The number of rotatable bonds is 4. The molecule has 0 aliphatic heterocycles. The fourth-order valence-corrected chi connectivity index (χ4v) is 3.30. The van der Waals surface area contributed by atoms with Gasteiger partial charge in [-0.1, -0.05) is 35.9 Å². The molecule has 5 heteroatoms. The van der Waals surface area contributed by atoms with Gasteiger partial charge in [0, 0.05) is 34.9 Å². The van der Waals surface area contributed by atoms with Gasteiger partial charge in [0.1, 0.15) is 0 Å². The molecule has 4 nitrogen and oxygen atoms in total. The quantitative estimate of drug-likeness (QED) is 0.462. The summed E-state index contributed by atoms with van der Waals surface area (Å²) >= 11 is 6.01. The maximum atomic E-state index is 12.6. The van der Waals surface area contributed by atoms with E-state index in [1.807, 2.05) is 37.4 Å². The van der Waals surface area contributed by atoms with Crippen LogP contribution < -0.4 is 10.6 Å². The van der Waals surface area contributed by atoms with Gasteiger partial charge in [0.15, 0.2) is 0 Å². The van der Waals surface area contributed by atoms with Gasteiger partial charge in [0.25, 0.3) is 5.91 Å². The van der Waals surface area contributed by atoms with Gasteiger partial charge in [0.2, 0.25) is 0 Å². The van der Waals surface area contributed by atoms with Gasteiger partial charge in [-0.2, -0.15) is 0 Å². The summed E-state index contributed by atoms with van der Waals surface area (Å²) in [5.41, 5.74) is 5.22. The summed E-state index contributed by atoms with van der Waals surface area (Å²) in [6, 6.07) is 22.9. The van der Waals surface area contributed by atoms with E-state index in [9.17, 15) is 4.79 Å². The number of halogens is 1. The lowest BCUT2D eigenvalue weighted by molar-refractivity contribution is 0.102. The van der Waals surface area contributed by atoms with Crippen molar-refractivity contribution in [3.8, 4) is 11.1 Å². The summed E-state index contributed by atoms with van der Waals surface area (Å²) in [4.78, 5) is 17.1. The van der Waals surface area contributed by atoms with Gasteiger partial charge in [-0.05, 0) is 59.7 Å². The van der Waals surface area contributed by atoms with Crippen LogP contribution in [0.25, 0.3) is 22.0 Å². The van der Waals surface area contributed by atoms with E-state index in [4.69, 9.17) is 11.6 Å². The zero-order chi connectivity index (χ0) is 19.5. The normalized spacial score (nSPS) is 10.6. The van der Waals surface area contributed by atoms with Crippen LogP contribution in [0.15, 0.2) is 79.0 Å². The molecule has 2 N–H and O–H groups in total. The van der Waals surface area contributed by atoms with Crippen LogP contribution in [-0.2, 0) is 0 Å². The fourth-order valence-electron chi connectivity index (χ4n) is 3.11. The Morgan fingerprint density at radius 1 is 0.929 bits per heavy atom. The highest BCUT2D eigenvalue weighted by Gasteiger charge is 2.10. The number of hydrogen-bond acceptors (Lipinski definition) is 3. The van der Waals surface area contributed by atoms with E-state index in [0.29, 0.717) is 16.3 Å². The molecule has 1 amide bonds. The second-order valence-corrected chi connectivity index (χ2v) is 6.82. The minimum Gasteiger partial charge on any atom is -0.388 e. The van der Waals surface area contributed by atoms with Gasteiger partial charge in [0.05, 0.1) is 11.2 Å². The van der Waals surface area contributed by atoms with E-state index < -0.39 is 0 Å². The number of aromatic nitrogens is 1. The monoisotopic (exact) mass is 387 g/mol. The molecule has 3 aromatic carbocycles. The molecule has 0 saturated carbocycles. The first-order valence-corrected chi connectivity index (χ1v) is 9.26. The Labute approximate surface area is 168 Å². The van der Waals surface area contributed by atoms with Gasteiger partial charge in [-0.25, -0.2) is 0 Å². The smallest absolute Gasteiger partial charge is 0.255 e. The van der Waals surface area contributed by atoms with Crippen molar-refractivity contribution in [1.29, 1.82) is 0 Å². The third-order valence-corrected chi connectivity index (χ3v) is 4.80. The Morgan fingerprint density at radius 3 is 2.57 bits per heavy atom. The largest absolute Gasteiger partial charge is 0.388 e. The van der Waals surface area contributed by atoms with Crippen molar-refractivity contribution in [3.05, 3.63) is 89.6 Å². The summed E-state index contributed by atoms with van der Waals surface area (Å²) < 4.78 is 0. The van der Waals surface area contributed by atoms with Crippen molar-refractivity contribution in [2.45, 2.75) is 0 Å². The summed E-state index contributed by atoms with van der Waals surface area (Å²) in [5, 5.41) is 7.54. The molecule has 0 spiro atoms. The standard InChI is InChI=1S/C23H18ClN3O/c1-25-19-7-3-4-15(13-19)16-8-9-21-20(14-16)22(10-11-26-21)27-23(28)17-5-2-6-18(24)12-17/h2-14,25H,1H3,(H,26,27,28). The molecular weight excluding hydrogens is 370 g/mol. The molecule has 4 aromatic rings. The highest BCUT2D eigenvalue weighted by molar-refractivity contribution is 6.31. The summed E-state index contributed by atoms with van der Waals surface area (Å²) in [5.74, 6) is -0.211. The average Bonchev–Trinajstić information content (AvgIpc) is 2.73. The Kier molecular flexibility index (Phi) is 4.96. The van der Waals surface area contributed by atoms with E-state index in [1.54, 1.807) is 36.5 Å². The lowest BCUT2D eigenvalue weighted by atomic mass is 10.0. The first-order chi connectivity index (χ1) is 13.6. The Morgan fingerprint density at radius 2 is 1.75 bits per heavy atom. The van der Waals surface area contributed by atoms with Crippen LogP contribution in [-0.4, -0.2) is 17.9 Å². The van der Waals surface area contributed by atoms with E-state index in [0.717, 1.165) is 27.7 Å². The average molecular weight is 388 g/mol. The van der Waals surface area contributed by atoms with Crippen LogP contribution >= 0.6 is 11.6 Å². The first kappa shape index (κ1) is 18.0. The molecule has 0 atom stereocenters. The molecule has 4 rings (SSSR count). The van der Waals surface area contributed by atoms with Crippen LogP contribution in [0, 0.1) is 0 Å². The molecule has 0 aliphatic carbocycles. The van der Waals surface area contributed by atoms with Crippen molar-refractivity contribution >= 4 is 39.8 Å². The maximum absolute atomic E-state index is 12.6. The number of pyridine rings is 1. The number of hydrogen-bond donors (Lipinski definition) is 2. The molecule has 1 aromatic heterocycles. The number of nitrogens with one attached hydrogen (secondary N) is 2. The van der Waals surface area contributed by atoms with Crippen molar-refractivity contribution in [3.63, 3.8) is 0 Å². The Bertz CT molecular complexity index is 1170. The molecule has 0 aliphatic rings. The zero-order valence-corrected chi connectivity index (χ0v) is 16.0. The highest BCUT2D eigenvalue weighted by atomic mass is 35.5. The van der Waals surface area contributed by atoms with Gasteiger partial charge in [-0.3, -0.25) is 9.78 Å². The first-order valence-electron chi connectivity index (χ1n) is 8.88. The highest BCUT2D eigenvalue weighted by Crippen LogP contribution is 2.29. The molecule has 0 saturated heterocycles. The van der Waals surface area contributed by atoms with Crippen LogP contribution in [0.2, 0.25) is 5.02 Å². The molecule has 0 radical (unpaired) electrons. The van der Waals surface area contributed by atoms with E-state index in [2.05, 4.69) is 27.8 Å². The lowest BCUT2D eigenvalue weighted by Gasteiger charge is -2.11. The summed E-state index contributed by atoms with van der Waals surface area (Å²) in [6.45, 7) is 0. The SMILES string of the molecule is CNc1cccc(-c2ccc3nccc(NC(=O)c4cccc(Cl)c4)c3c2)c1. The molecule has 1 heterocycles. The number of anilines is 2.